The van der Waals surface area contributed by atoms with Gasteiger partial charge in [-0.1, -0.05) is 48.6 Å². The fourth-order valence-corrected chi connectivity index (χ4v) is 2.39. The number of ether oxygens (including phenoxy) is 2. The fourth-order valence-electron chi connectivity index (χ4n) is 2.39. The summed E-state index contributed by atoms with van der Waals surface area (Å²) < 4.78 is 11.7. The molecule has 1 aromatic carbocycles. The summed E-state index contributed by atoms with van der Waals surface area (Å²) in [5.74, 6) is 0. The van der Waals surface area contributed by atoms with Gasteiger partial charge < -0.3 is 9.47 Å². The zero-order valence-electron chi connectivity index (χ0n) is 12.0. The molecule has 1 aliphatic rings. The van der Waals surface area contributed by atoms with Crippen molar-refractivity contribution < 1.29 is 9.47 Å². The summed E-state index contributed by atoms with van der Waals surface area (Å²) in [6, 6.07) is 10.3. The molecule has 0 spiro atoms. The minimum absolute atomic E-state index is 0.219. The summed E-state index contributed by atoms with van der Waals surface area (Å²) >= 11 is 0. The topological polar surface area (TPSA) is 18.5 Å². The zero-order chi connectivity index (χ0) is 14.0. The molecular formula is C18H24O2. The van der Waals surface area contributed by atoms with Gasteiger partial charge >= 0.3 is 0 Å². The van der Waals surface area contributed by atoms with E-state index < -0.39 is 0 Å². The lowest BCUT2D eigenvalue weighted by atomic mass is 10.1. The molecule has 0 saturated carbocycles. The second-order valence-corrected chi connectivity index (χ2v) is 5.17. The summed E-state index contributed by atoms with van der Waals surface area (Å²) in [4.78, 5) is 0. The normalized spacial score (nSPS) is 21.8. The Labute approximate surface area is 122 Å². The van der Waals surface area contributed by atoms with E-state index in [9.17, 15) is 0 Å². The van der Waals surface area contributed by atoms with Crippen molar-refractivity contribution in [1.82, 2.24) is 0 Å². The predicted octanol–water partition coefficient (Wildman–Crippen LogP) is 4.27. The minimum atomic E-state index is 0.219. The van der Waals surface area contributed by atoms with Gasteiger partial charge in [0.25, 0.3) is 0 Å². The Bertz CT molecular complexity index is 411. The minimum Gasteiger partial charge on any atom is -0.377 e. The molecule has 0 N–H and O–H groups in total. The van der Waals surface area contributed by atoms with Crippen molar-refractivity contribution in [2.45, 2.75) is 44.5 Å². The Morgan fingerprint density at radius 2 is 2.15 bits per heavy atom. The van der Waals surface area contributed by atoms with E-state index in [1.54, 1.807) is 0 Å². The van der Waals surface area contributed by atoms with Gasteiger partial charge in [-0.05, 0) is 31.2 Å². The lowest BCUT2D eigenvalue weighted by Gasteiger charge is -2.25. The molecule has 0 aromatic heterocycles. The van der Waals surface area contributed by atoms with Crippen LogP contribution in [0.1, 0.15) is 31.2 Å². The molecule has 2 heteroatoms. The smallest absolute Gasteiger partial charge is 0.0794 e. The Kier molecular flexibility index (Phi) is 6.55. The molecule has 1 heterocycles. The molecule has 0 bridgehead atoms. The Morgan fingerprint density at radius 1 is 1.30 bits per heavy atom. The van der Waals surface area contributed by atoms with Gasteiger partial charge in [0.05, 0.1) is 18.8 Å². The highest BCUT2D eigenvalue weighted by molar-refractivity contribution is 5.13. The lowest BCUT2D eigenvalue weighted by molar-refractivity contribution is -0.00295. The van der Waals surface area contributed by atoms with E-state index in [1.807, 2.05) is 24.3 Å². The zero-order valence-corrected chi connectivity index (χ0v) is 12.0. The maximum absolute atomic E-state index is 5.98. The third-order valence-electron chi connectivity index (χ3n) is 3.44. The van der Waals surface area contributed by atoms with Gasteiger partial charge in [0.15, 0.2) is 0 Å². The number of rotatable bonds is 8. The summed E-state index contributed by atoms with van der Waals surface area (Å²) in [6.07, 6.45) is 10.9. The molecule has 0 saturated heterocycles. The van der Waals surface area contributed by atoms with Gasteiger partial charge in [0, 0.05) is 6.61 Å². The second-order valence-electron chi connectivity index (χ2n) is 5.17. The number of benzene rings is 1. The molecule has 20 heavy (non-hydrogen) atoms. The first-order valence-corrected chi connectivity index (χ1v) is 7.43. The summed E-state index contributed by atoms with van der Waals surface area (Å²) in [7, 11) is 0. The summed E-state index contributed by atoms with van der Waals surface area (Å²) in [6.45, 7) is 5.26. The number of hydrogen-bond acceptors (Lipinski definition) is 2. The first-order valence-electron chi connectivity index (χ1n) is 7.43. The molecule has 2 nitrogen and oxygen atoms in total. The fraction of sp³-hybridized carbons (Fsp3) is 0.444. The van der Waals surface area contributed by atoms with Gasteiger partial charge in [0.1, 0.15) is 0 Å². The molecule has 0 unspecified atom stereocenters. The van der Waals surface area contributed by atoms with Crippen molar-refractivity contribution in [1.29, 1.82) is 0 Å². The second kappa shape index (κ2) is 8.72. The average molecular weight is 272 g/mol. The van der Waals surface area contributed by atoms with Crippen LogP contribution in [0.2, 0.25) is 0 Å². The summed E-state index contributed by atoms with van der Waals surface area (Å²) in [5.41, 5.74) is 1.23. The van der Waals surface area contributed by atoms with Gasteiger partial charge in [-0.2, -0.15) is 0 Å². The molecular weight excluding hydrogens is 248 g/mol. The molecule has 108 valence electrons. The Balaban J connectivity index is 1.57. The van der Waals surface area contributed by atoms with Crippen molar-refractivity contribution >= 4 is 0 Å². The van der Waals surface area contributed by atoms with E-state index in [0.29, 0.717) is 12.7 Å². The van der Waals surface area contributed by atoms with Crippen LogP contribution in [0.15, 0.2) is 55.1 Å². The third kappa shape index (κ3) is 5.32. The van der Waals surface area contributed by atoms with E-state index in [-0.39, 0.29) is 6.10 Å². The average Bonchev–Trinajstić information content (AvgIpc) is 2.49. The van der Waals surface area contributed by atoms with Gasteiger partial charge in [-0.25, -0.2) is 0 Å². The van der Waals surface area contributed by atoms with Gasteiger partial charge in [-0.15, -0.1) is 6.58 Å². The highest BCUT2D eigenvalue weighted by atomic mass is 16.5. The van der Waals surface area contributed by atoms with E-state index in [0.717, 1.165) is 32.3 Å². The predicted molar refractivity (Wildman–Crippen MR) is 82.6 cm³/mol. The highest BCUT2D eigenvalue weighted by Crippen LogP contribution is 2.18. The molecule has 1 aliphatic heterocycles. The van der Waals surface area contributed by atoms with E-state index in [2.05, 4.69) is 30.9 Å². The van der Waals surface area contributed by atoms with Crippen LogP contribution in [0.4, 0.5) is 0 Å². The van der Waals surface area contributed by atoms with Crippen molar-refractivity contribution in [2.75, 3.05) is 6.61 Å². The van der Waals surface area contributed by atoms with Crippen molar-refractivity contribution in [3.8, 4) is 0 Å². The van der Waals surface area contributed by atoms with Gasteiger partial charge in [0.2, 0.25) is 0 Å². The monoisotopic (exact) mass is 272 g/mol. The van der Waals surface area contributed by atoms with Gasteiger partial charge in [-0.3, -0.25) is 0 Å². The van der Waals surface area contributed by atoms with Crippen LogP contribution < -0.4 is 0 Å². The standard InChI is InChI=1S/C18H24O2/c1-2-8-17-11-6-12-18(20-17)13-7-14-19-15-16-9-4-3-5-10-16/h2-6,9-11,17-18H,1,7-8,12-15H2/t17-,18+/m1/s1. The van der Waals surface area contributed by atoms with E-state index >= 15 is 0 Å². The SMILES string of the molecule is C=CC[C@@H]1C=CC[C@@H](CCCOCc2ccccc2)O1. The van der Waals surface area contributed by atoms with E-state index in [4.69, 9.17) is 9.47 Å². The summed E-state index contributed by atoms with van der Waals surface area (Å²) in [5, 5.41) is 0. The molecule has 2 atom stereocenters. The quantitative estimate of drug-likeness (QED) is 0.519. The first kappa shape index (κ1) is 15.0. The molecule has 0 radical (unpaired) electrons. The lowest BCUT2D eigenvalue weighted by Crippen LogP contribution is -2.23. The van der Waals surface area contributed by atoms with Crippen LogP contribution in [0.3, 0.4) is 0 Å². The van der Waals surface area contributed by atoms with Crippen LogP contribution >= 0.6 is 0 Å². The van der Waals surface area contributed by atoms with Crippen LogP contribution in [-0.4, -0.2) is 18.8 Å². The molecule has 0 aliphatic carbocycles. The van der Waals surface area contributed by atoms with Crippen LogP contribution in [-0.2, 0) is 16.1 Å². The Hall–Kier alpha value is -1.38. The Morgan fingerprint density at radius 3 is 2.95 bits per heavy atom. The highest BCUT2D eigenvalue weighted by Gasteiger charge is 2.16. The third-order valence-corrected chi connectivity index (χ3v) is 3.44. The van der Waals surface area contributed by atoms with Crippen LogP contribution in [0.25, 0.3) is 0 Å². The maximum atomic E-state index is 5.98. The van der Waals surface area contributed by atoms with Crippen LogP contribution in [0, 0.1) is 0 Å². The first-order chi connectivity index (χ1) is 9.88. The van der Waals surface area contributed by atoms with Crippen molar-refractivity contribution in [3.63, 3.8) is 0 Å². The molecule has 0 amide bonds. The molecule has 2 rings (SSSR count). The van der Waals surface area contributed by atoms with Crippen LogP contribution in [0.5, 0.6) is 0 Å². The van der Waals surface area contributed by atoms with Crippen molar-refractivity contribution in [2.24, 2.45) is 0 Å². The molecule has 0 fully saturated rings. The van der Waals surface area contributed by atoms with E-state index in [1.165, 1.54) is 5.56 Å². The maximum Gasteiger partial charge on any atom is 0.0794 e. The molecule has 1 aromatic rings. The van der Waals surface area contributed by atoms with Crippen molar-refractivity contribution in [3.05, 3.63) is 60.7 Å². The number of hydrogen-bond donors (Lipinski definition) is 0. The largest absolute Gasteiger partial charge is 0.377 e.